The predicted octanol–water partition coefficient (Wildman–Crippen LogP) is 1.69. The van der Waals surface area contributed by atoms with Gasteiger partial charge in [-0.25, -0.2) is 4.79 Å². The SMILES string of the molecule is CC(C(=O)NC(=O)NC1CC1)N1CCN(C/C=C/c2ccccc2)CC1. The fraction of sp³-hybridized carbons (Fsp3) is 0.500. The zero-order chi connectivity index (χ0) is 18.4. The minimum atomic E-state index is -0.367. The largest absolute Gasteiger partial charge is 0.335 e. The van der Waals surface area contributed by atoms with Crippen molar-refractivity contribution in [2.24, 2.45) is 0 Å². The maximum absolute atomic E-state index is 12.2. The monoisotopic (exact) mass is 356 g/mol. The molecule has 26 heavy (non-hydrogen) atoms. The second-order valence-corrected chi connectivity index (χ2v) is 7.06. The molecule has 0 aromatic heterocycles. The minimum absolute atomic E-state index is 0.222. The molecule has 2 aliphatic rings. The summed E-state index contributed by atoms with van der Waals surface area (Å²) in [7, 11) is 0. The molecule has 1 saturated carbocycles. The van der Waals surface area contributed by atoms with Crippen molar-refractivity contribution in [3.63, 3.8) is 0 Å². The van der Waals surface area contributed by atoms with E-state index in [2.05, 4.69) is 44.7 Å². The van der Waals surface area contributed by atoms with Gasteiger partial charge in [0, 0.05) is 38.8 Å². The summed E-state index contributed by atoms with van der Waals surface area (Å²) < 4.78 is 0. The van der Waals surface area contributed by atoms with E-state index in [-0.39, 0.29) is 24.0 Å². The molecule has 1 aliphatic heterocycles. The van der Waals surface area contributed by atoms with Crippen molar-refractivity contribution in [1.29, 1.82) is 0 Å². The van der Waals surface area contributed by atoms with Gasteiger partial charge in [-0.2, -0.15) is 0 Å². The van der Waals surface area contributed by atoms with E-state index in [4.69, 9.17) is 0 Å². The van der Waals surface area contributed by atoms with E-state index >= 15 is 0 Å². The zero-order valence-electron chi connectivity index (χ0n) is 15.4. The van der Waals surface area contributed by atoms with Gasteiger partial charge in [0.25, 0.3) is 0 Å². The van der Waals surface area contributed by atoms with E-state index in [0.29, 0.717) is 0 Å². The number of hydrogen-bond acceptors (Lipinski definition) is 4. The summed E-state index contributed by atoms with van der Waals surface area (Å²) in [6.45, 7) is 6.28. The molecule has 2 N–H and O–H groups in total. The van der Waals surface area contributed by atoms with Crippen molar-refractivity contribution in [2.75, 3.05) is 32.7 Å². The van der Waals surface area contributed by atoms with Crippen molar-refractivity contribution < 1.29 is 9.59 Å². The highest BCUT2D eigenvalue weighted by Crippen LogP contribution is 2.18. The van der Waals surface area contributed by atoms with E-state index in [1.165, 1.54) is 5.56 Å². The van der Waals surface area contributed by atoms with Crippen LogP contribution in [-0.4, -0.2) is 66.5 Å². The Morgan fingerprint density at radius 2 is 1.85 bits per heavy atom. The number of nitrogens with zero attached hydrogens (tertiary/aromatic N) is 2. The molecule has 140 valence electrons. The van der Waals surface area contributed by atoms with Gasteiger partial charge in [0.2, 0.25) is 5.91 Å². The molecule has 2 fully saturated rings. The Kier molecular flexibility index (Phi) is 6.41. The van der Waals surface area contributed by atoms with Gasteiger partial charge in [-0.3, -0.25) is 19.9 Å². The van der Waals surface area contributed by atoms with E-state index < -0.39 is 0 Å². The Morgan fingerprint density at radius 3 is 2.50 bits per heavy atom. The summed E-state index contributed by atoms with van der Waals surface area (Å²) in [5, 5.41) is 5.24. The average Bonchev–Trinajstić information content (AvgIpc) is 3.46. The number of nitrogens with one attached hydrogen (secondary N) is 2. The molecule has 1 atom stereocenters. The van der Waals surface area contributed by atoms with Crippen LogP contribution in [0.1, 0.15) is 25.3 Å². The van der Waals surface area contributed by atoms with E-state index in [0.717, 1.165) is 45.6 Å². The van der Waals surface area contributed by atoms with E-state index in [1.54, 1.807) is 0 Å². The Hall–Kier alpha value is -2.18. The second kappa shape index (κ2) is 8.96. The Labute approximate surface area is 155 Å². The van der Waals surface area contributed by atoms with E-state index in [9.17, 15) is 9.59 Å². The van der Waals surface area contributed by atoms with Crippen molar-refractivity contribution >= 4 is 18.0 Å². The van der Waals surface area contributed by atoms with Gasteiger partial charge in [-0.1, -0.05) is 42.5 Å². The predicted molar refractivity (Wildman–Crippen MR) is 103 cm³/mol. The summed E-state index contributed by atoms with van der Waals surface area (Å²) in [5.74, 6) is -0.222. The fourth-order valence-corrected chi connectivity index (χ4v) is 3.07. The first-order valence-corrected chi connectivity index (χ1v) is 9.41. The van der Waals surface area contributed by atoms with Crippen LogP contribution in [0.2, 0.25) is 0 Å². The summed E-state index contributed by atoms with van der Waals surface area (Å²) in [4.78, 5) is 28.4. The number of hydrogen-bond donors (Lipinski definition) is 2. The van der Waals surface area contributed by atoms with Crippen LogP contribution in [0.5, 0.6) is 0 Å². The van der Waals surface area contributed by atoms with Crippen LogP contribution in [0.15, 0.2) is 36.4 Å². The third-order valence-corrected chi connectivity index (χ3v) is 4.96. The number of piperazine rings is 1. The Bertz CT molecular complexity index is 634. The molecule has 1 aromatic carbocycles. The smallest absolute Gasteiger partial charge is 0.321 e. The first-order chi connectivity index (χ1) is 12.6. The third-order valence-electron chi connectivity index (χ3n) is 4.96. The van der Waals surface area contributed by atoms with Crippen LogP contribution < -0.4 is 10.6 Å². The van der Waals surface area contributed by atoms with Crippen molar-refractivity contribution in [3.8, 4) is 0 Å². The van der Waals surface area contributed by atoms with Gasteiger partial charge in [0.15, 0.2) is 0 Å². The van der Waals surface area contributed by atoms with Crippen LogP contribution in [-0.2, 0) is 4.79 Å². The first kappa shape index (κ1) is 18.6. The molecule has 3 rings (SSSR count). The molecule has 3 amide bonds. The maximum Gasteiger partial charge on any atom is 0.321 e. The second-order valence-electron chi connectivity index (χ2n) is 7.06. The topological polar surface area (TPSA) is 64.7 Å². The summed E-state index contributed by atoms with van der Waals surface area (Å²) in [6.07, 6.45) is 6.35. The number of carbonyl (C=O) groups is 2. The highest BCUT2D eigenvalue weighted by atomic mass is 16.2. The normalized spacial score (nSPS) is 20.0. The van der Waals surface area contributed by atoms with Gasteiger partial charge in [0.05, 0.1) is 6.04 Å². The lowest BCUT2D eigenvalue weighted by Crippen LogP contribution is -2.55. The molecule has 0 bridgehead atoms. The summed E-state index contributed by atoms with van der Waals surface area (Å²) >= 11 is 0. The molecule has 1 heterocycles. The number of benzene rings is 1. The third kappa shape index (κ3) is 5.68. The van der Waals surface area contributed by atoms with Crippen LogP contribution in [0.25, 0.3) is 6.08 Å². The average molecular weight is 356 g/mol. The standard InChI is InChI=1S/C20H28N4O2/c1-16(19(25)22-20(26)21-18-9-10-18)24-14-12-23(13-15-24)11-5-8-17-6-3-2-4-7-17/h2-8,16,18H,9-15H2,1H3,(H2,21,22,25,26)/b8-5+. The molecule has 1 aliphatic carbocycles. The molecule has 1 aromatic rings. The van der Waals surface area contributed by atoms with Crippen LogP contribution in [0, 0.1) is 0 Å². The molecule has 6 nitrogen and oxygen atoms in total. The number of imide groups is 1. The number of rotatable bonds is 6. The fourth-order valence-electron chi connectivity index (χ4n) is 3.07. The molecule has 1 saturated heterocycles. The van der Waals surface area contributed by atoms with E-state index in [1.807, 2.05) is 25.1 Å². The van der Waals surface area contributed by atoms with Crippen LogP contribution in [0.4, 0.5) is 4.79 Å². The molecular formula is C20H28N4O2. The quantitative estimate of drug-likeness (QED) is 0.814. The maximum atomic E-state index is 12.2. The highest BCUT2D eigenvalue weighted by Gasteiger charge is 2.28. The van der Waals surface area contributed by atoms with Crippen molar-refractivity contribution in [2.45, 2.75) is 31.8 Å². The van der Waals surface area contributed by atoms with Gasteiger partial charge >= 0.3 is 6.03 Å². The molecular weight excluding hydrogens is 328 g/mol. The van der Waals surface area contributed by atoms with Crippen molar-refractivity contribution in [1.82, 2.24) is 20.4 Å². The molecule has 1 unspecified atom stereocenters. The molecule has 6 heteroatoms. The van der Waals surface area contributed by atoms with Gasteiger partial charge in [0.1, 0.15) is 0 Å². The zero-order valence-corrected chi connectivity index (χ0v) is 15.4. The van der Waals surface area contributed by atoms with Gasteiger partial charge in [-0.05, 0) is 25.3 Å². The summed E-state index contributed by atoms with van der Waals surface area (Å²) in [5.41, 5.74) is 1.21. The number of urea groups is 1. The number of carbonyl (C=O) groups excluding carboxylic acids is 2. The lowest BCUT2D eigenvalue weighted by molar-refractivity contribution is -0.125. The van der Waals surface area contributed by atoms with Crippen LogP contribution in [0.3, 0.4) is 0 Å². The van der Waals surface area contributed by atoms with Gasteiger partial charge < -0.3 is 5.32 Å². The Morgan fingerprint density at radius 1 is 1.15 bits per heavy atom. The molecule has 0 radical (unpaired) electrons. The molecule has 0 spiro atoms. The van der Waals surface area contributed by atoms with Crippen LogP contribution >= 0.6 is 0 Å². The lowest BCUT2D eigenvalue weighted by Gasteiger charge is -2.36. The lowest BCUT2D eigenvalue weighted by atomic mass is 10.2. The minimum Gasteiger partial charge on any atom is -0.335 e. The Balaban J connectivity index is 1.37. The summed E-state index contributed by atoms with van der Waals surface area (Å²) in [6, 6.07) is 9.87. The first-order valence-electron chi connectivity index (χ1n) is 9.41. The van der Waals surface area contributed by atoms with Crippen molar-refractivity contribution in [3.05, 3.63) is 42.0 Å². The van der Waals surface area contributed by atoms with Gasteiger partial charge in [-0.15, -0.1) is 0 Å². The number of amides is 3. The highest BCUT2D eigenvalue weighted by molar-refractivity contribution is 5.97.